The van der Waals surface area contributed by atoms with E-state index in [1.54, 1.807) is 0 Å². The SMILES string of the molecule is C[C@@]1(c2ccc(Br)cc2)Oc2ccccc2[C@@H]2CC(c3ccc(Cl)cc3)=NN21. The molecule has 0 unspecified atom stereocenters. The van der Waals surface area contributed by atoms with Crippen LogP contribution in [0, 0.1) is 0 Å². The summed E-state index contributed by atoms with van der Waals surface area (Å²) in [5.41, 5.74) is 3.69. The normalized spacial score (nSPS) is 22.9. The van der Waals surface area contributed by atoms with Crippen LogP contribution in [0.4, 0.5) is 0 Å². The highest BCUT2D eigenvalue weighted by Gasteiger charge is 2.48. The summed E-state index contributed by atoms with van der Waals surface area (Å²) in [6.07, 6.45) is 0.828. The summed E-state index contributed by atoms with van der Waals surface area (Å²) in [6.45, 7) is 2.09. The van der Waals surface area contributed by atoms with Crippen molar-refractivity contribution in [1.29, 1.82) is 0 Å². The molecule has 0 radical (unpaired) electrons. The zero-order chi connectivity index (χ0) is 19.3. The first kappa shape index (κ1) is 17.8. The number of hydrogen-bond donors (Lipinski definition) is 0. The Bertz CT molecular complexity index is 1060. The van der Waals surface area contributed by atoms with Crippen molar-refractivity contribution in [3.63, 3.8) is 0 Å². The Morgan fingerprint density at radius 3 is 2.50 bits per heavy atom. The molecule has 2 aliphatic heterocycles. The molecule has 2 heterocycles. The highest BCUT2D eigenvalue weighted by atomic mass is 79.9. The Morgan fingerprint density at radius 2 is 1.75 bits per heavy atom. The van der Waals surface area contributed by atoms with E-state index in [0.29, 0.717) is 0 Å². The summed E-state index contributed by atoms with van der Waals surface area (Å²) in [6, 6.07) is 24.5. The number of hydrogen-bond acceptors (Lipinski definition) is 3. The molecule has 140 valence electrons. The van der Waals surface area contributed by atoms with E-state index in [4.69, 9.17) is 21.4 Å². The molecule has 5 heteroatoms. The molecule has 0 saturated heterocycles. The minimum Gasteiger partial charge on any atom is -0.462 e. The lowest BCUT2D eigenvalue weighted by Crippen LogP contribution is -2.48. The van der Waals surface area contributed by atoms with Crippen molar-refractivity contribution in [1.82, 2.24) is 5.01 Å². The first-order valence-electron chi connectivity index (χ1n) is 9.21. The van der Waals surface area contributed by atoms with E-state index < -0.39 is 5.72 Å². The molecule has 0 amide bonds. The van der Waals surface area contributed by atoms with Crippen molar-refractivity contribution >= 4 is 33.2 Å². The van der Waals surface area contributed by atoms with Crippen molar-refractivity contribution < 1.29 is 4.74 Å². The lowest BCUT2D eigenvalue weighted by molar-refractivity contribution is -0.112. The van der Waals surface area contributed by atoms with E-state index in [1.807, 2.05) is 48.5 Å². The molecule has 3 nitrogen and oxygen atoms in total. The molecule has 0 aromatic heterocycles. The van der Waals surface area contributed by atoms with Crippen LogP contribution in [0.5, 0.6) is 5.75 Å². The fourth-order valence-electron chi connectivity index (χ4n) is 4.02. The lowest BCUT2D eigenvalue weighted by Gasteiger charge is -2.46. The maximum atomic E-state index is 6.55. The first-order valence-corrected chi connectivity index (χ1v) is 10.4. The van der Waals surface area contributed by atoms with Crippen molar-refractivity contribution in [2.45, 2.75) is 25.1 Å². The lowest BCUT2D eigenvalue weighted by atomic mass is 9.92. The van der Waals surface area contributed by atoms with Crippen LogP contribution in [0.2, 0.25) is 5.02 Å². The molecule has 2 aliphatic rings. The molecule has 0 aliphatic carbocycles. The fraction of sp³-hybridized carbons (Fsp3) is 0.174. The number of benzene rings is 3. The standard InChI is InChI=1S/C23H18BrClN2O/c1-23(16-8-10-17(24)11-9-16)27-21(19-4-2-3-5-22(19)28-23)14-20(26-27)15-6-12-18(25)13-7-15/h2-13,21H,14H2,1H3/t21-,23-/m0/s1. The van der Waals surface area contributed by atoms with Gasteiger partial charge in [-0.1, -0.05) is 70.0 Å². The summed E-state index contributed by atoms with van der Waals surface area (Å²) in [5.74, 6) is 0.918. The molecule has 0 spiro atoms. The summed E-state index contributed by atoms with van der Waals surface area (Å²) >= 11 is 9.59. The average Bonchev–Trinajstić information content (AvgIpc) is 3.16. The number of hydrazone groups is 1. The quantitative estimate of drug-likeness (QED) is 0.441. The van der Waals surface area contributed by atoms with Crippen LogP contribution in [-0.2, 0) is 5.72 Å². The molecule has 0 fully saturated rings. The van der Waals surface area contributed by atoms with Crippen molar-refractivity contribution in [2.75, 3.05) is 0 Å². The second-order valence-electron chi connectivity index (χ2n) is 7.25. The third kappa shape index (κ3) is 2.83. The topological polar surface area (TPSA) is 24.8 Å². The van der Waals surface area contributed by atoms with Gasteiger partial charge >= 0.3 is 0 Å². The van der Waals surface area contributed by atoms with E-state index in [2.05, 4.69) is 52.1 Å². The highest BCUT2D eigenvalue weighted by molar-refractivity contribution is 9.10. The van der Waals surface area contributed by atoms with Crippen molar-refractivity contribution in [2.24, 2.45) is 5.10 Å². The smallest absolute Gasteiger partial charge is 0.221 e. The molecule has 2 atom stereocenters. The fourth-order valence-corrected chi connectivity index (χ4v) is 4.41. The Kier molecular flexibility index (Phi) is 4.22. The largest absolute Gasteiger partial charge is 0.462 e. The highest BCUT2D eigenvalue weighted by Crippen LogP contribution is 2.50. The van der Waals surface area contributed by atoms with Crippen LogP contribution in [0.25, 0.3) is 0 Å². The summed E-state index contributed by atoms with van der Waals surface area (Å²) < 4.78 is 7.59. The van der Waals surface area contributed by atoms with Gasteiger partial charge in [-0.05, 0) is 35.9 Å². The number of para-hydroxylation sites is 1. The van der Waals surface area contributed by atoms with Crippen LogP contribution >= 0.6 is 27.5 Å². The van der Waals surface area contributed by atoms with Crippen LogP contribution < -0.4 is 4.74 Å². The molecular weight excluding hydrogens is 436 g/mol. The van der Waals surface area contributed by atoms with Gasteiger partial charge in [0, 0.05) is 34.0 Å². The van der Waals surface area contributed by atoms with Gasteiger partial charge in [0.15, 0.2) is 0 Å². The minimum atomic E-state index is -0.687. The third-order valence-corrected chi connectivity index (χ3v) is 6.27. The van der Waals surface area contributed by atoms with Gasteiger partial charge in [-0.2, -0.15) is 5.10 Å². The molecule has 28 heavy (non-hydrogen) atoms. The van der Waals surface area contributed by atoms with Crippen LogP contribution in [-0.4, -0.2) is 10.7 Å². The minimum absolute atomic E-state index is 0.129. The molecule has 0 N–H and O–H groups in total. The maximum absolute atomic E-state index is 6.55. The van der Waals surface area contributed by atoms with Gasteiger partial charge in [0.25, 0.3) is 0 Å². The van der Waals surface area contributed by atoms with E-state index in [0.717, 1.165) is 38.5 Å². The summed E-state index contributed by atoms with van der Waals surface area (Å²) in [5, 5.41) is 7.87. The van der Waals surface area contributed by atoms with E-state index in [-0.39, 0.29) is 6.04 Å². The monoisotopic (exact) mass is 452 g/mol. The number of ether oxygens (including phenoxy) is 1. The van der Waals surface area contributed by atoms with E-state index >= 15 is 0 Å². The first-order chi connectivity index (χ1) is 13.5. The second kappa shape index (κ2) is 6.64. The third-order valence-electron chi connectivity index (χ3n) is 5.49. The zero-order valence-corrected chi connectivity index (χ0v) is 17.6. The van der Waals surface area contributed by atoms with Gasteiger partial charge in [0.2, 0.25) is 5.72 Å². The molecule has 0 bridgehead atoms. The number of fused-ring (bicyclic) bond motifs is 3. The summed E-state index contributed by atoms with van der Waals surface area (Å²) in [4.78, 5) is 0. The van der Waals surface area contributed by atoms with Crippen LogP contribution in [0.1, 0.15) is 36.1 Å². The Labute approximate surface area is 177 Å². The van der Waals surface area contributed by atoms with Crippen molar-refractivity contribution in [3.05, 3.63) is 99.0 Å². The predicted molar refractivity (Wildman–Crippen MR) is 116 cm³/mol. The van der Waals surface area contributed by atoms with E-state index in [9.17, 15) is 0 Å². The van der Waals surface area contributed by atoms with Crippen LogP contribution in [0.15, 0.2) is 82.4 Å². The van der Waals surface area contributed by atoms with E-state index in [1.165, 1.54) is 5.56 Å². The van der Waals surface area contributed by atoms with Crippen LogP contribution in [0.3, 0.4) is 0 Å². The molecule has 0 saturated carbocycles. The van der Waals surface area contributed by atoms with Gasteiger partial charge in [0.05, 0.1) is 11.8 Å². The molecular formula is C23H18BrClN2O. The maximum Gasteiger partial charge on any atom is 0.221 e. The Hall–Kier alpha value is -2.30. The molecule has 5 rings (SSSR count). The van der Waals surface area contributed by atoms with Gasteiger partial charge in [-0.3, -0.25) is 0 Å². The molecule has 3 aromatic rings. The van der Waals surface area contributed by atoms with Gasteiger partial charge in [-0.15, -0.1) is 0 Å². The predicted octanol–water partition coefficient (Wildman–Crippen LogP) is 6.52. The van der Waals surface area contributed by atoms with Gasteiger partial charge in [-0.25, -0.2) is 5.01 Å². The summed E-state index contributed by atoms with van der Waals surface area (Å²) in [7, 11) is 0. The number of halogens is 2. The number of nitrogens with zero attached hydrogens (tertiary/aromatic N) is 2. The second-order valence-corrected chi connectivity index (χ2v) is 8.60. The molecule has 3 aromatic carbocycles. The number of rotatable bonds is 2. The Balaban J connectivity index is 1.64. The average molecular weight is 454 g/mol. The zero-order valence-electron chi connectivity index (χ0n) is 15.3. The van der Waals surface area contributed by atoms with Gasteiger partial charge < -0.3 is 4.74 Å². The van der Waals surface area contributed by atoms with Crippen molar-refractivity contribution in [3.8, 4) is 5.75 Å². The Morgan fingerprint density at radius 1 is 1.04 bits per heavy atom. The van der Waals surface area contributed by atoms with Gasteiger partial charge in [0.1, 0.15) is 5.75 Å².